The number of methoxy groups -OCH3 is 1. The molecule has 1 saturated heterocycles. The molecule has 1 aliphatic rings. The summed E-state index contributed by atoms with van der Waals surface area (Å²) in [6.07, 6.45) is 2.20. The molecular weight excluding hydrogens is 268 g/mol. The summed E-state index contributed by atoms with van der Waals surface area (Å²) in [6.45, 7) is 4.42. The molecule has 0 N–H and O–H groups in total. The van der Waals surface area contributed by atoms with Gasteiger partial charge in [-0.1, -0.05) is 11.6 Å². The molecule has 2 unspecified atom stereocenters. The van der Waals surface area contributed by atoms with Crippen molar-refractivity contribution in [2.24, 2.45) is 0 Å². The van der Waals surface area contributed by atoms with Gasteiger partial charge in [-0.2, -0.15) is 4.98 Å². The van der Waals surface area contributed by atoms with Crippen LogP contribution in [0.4, 0.5) is 0 Å². The van der Waals surface area contributed by atoms with E-state index >= 15 is 0 Å². The van der Waals surface area contributed by atoms with Crippen molar-refractivity contribution in [1.29, 1.82) is 0 Å². The van der Waals surface area contributed by atoms with Gasteiger partial charge in [-0.25, -0.2) is 4.98 Å². The molecule has 2 atom stereocenters. The molecule has 0 aliphatic carbocycles. The van der Waals surface area contributed by atoms with Gasteiger partial charge in [0, 0.05) is 26.0 Å². The minimum Gasteiger partial charge on any atom is -0.474 e. The van der Waals surface area contributed by atoms with E-state index in [1.807, 2.05) is 0 Å². The Hall–Kier alpha value is -0.910. The quantitative estimate of drug-likeness (QED) is 0.797. The molecule has 6 heteroatoms. The smallest absolute Gasteiger partial charge is 0.218 e. The van der Waals surface area contributed by atoms with Crippen LogP contribution in [0.25, 0.3) is 0 Å². The maximum absolute atomic E-state index is 5.95. The van der Waals surface area contributed by atoms with E-state index in [1.54, 1.807) is 13.2 Å². The largest absolute Gasteiger partial charge is 0.474 e. The zero-order chi connectivity index (χ0) is 13.8. The molecule has 19 heavy (non-hydrogen) atoms. The number of aromatic nitrogens is 2. The monoisotopic (exact) mass is 286 g/mol. The molecule has 1 aromatic heterocycles. The number of nitrogens with zero attached hydrogens (tertiary/aromatic N) is 2. The van der Waals surface area contributed by atoms with Crippen LogP contribution in [0.3, 0.4) is 0 Å². The van der Waals surface area contributed by atoms with E-state index in [9.17, 15) is 0 Å². The second-order valence-corrected chi connectivity index (χ2v) is 5.23. The summed E-state index contributed by atoms with van der Waals surface area (Å²) in [6, 6.07) is 1.63. The highest BCUT2D eigenvalue weighted by atomic mass is 35.5. The van der Waals surface area contributed by atoms with Crippen molar-refractivity contribution < 1.29 is 14.2 Å². The van der Waals surface area contributed by atoms with Gasteiger partial charge in [-0.15, -0.1) is 0 Å². The highest BCUT2D eigenvalue weighted by Gasteiger charge is 2.26. The average molecular weight is 287 g/mol. The lowest BCUT2D eigenvalue weighted by Gasteiger charge is -2.31. The van der Waals surface area contributed by atoms with Gasteiger partial charge in [0.05, 0.1) is 12.2 Å². The SMILES string of the molecule is COCc1nc(Cl)cc(OC2CC(C)OC(C)C2)n1. The van der Waals surface area contributed by atoms with Crippen LogP contribution in [-0.4, -0.2) is 35.4 Å². The number of rotatable bonds is 4. The first-order valence-electron chi connectivity index (χ1n) is 6.41. The Morgan fingerprint density at radius 1 is 1.32 bits per heavy atom. The van der Waals surface area contributed by atoms with Gasteiger partial charge in [0.15, 0.2) is 5.82 Å². The zero-order valence-electron chi connectivity index (χ0n) is 11.4. The maximum atomic E-state index is 5.95. The molecule has 0 amide bonds. The Morgan fingerprint density at radius 3 is 2.63 bits per heavy atom. The Bertz CT molecular complexity index is 420. The van der Waals surface area contributed by atoms with Crippen molar-refractivity contribution in [3.8, 4) is 5.88 Å². The van der Waals surface area contributed by atoms with Crippen LogP contribution in [0.15, 0.2) is 6.07 Å². The van der Waals surface area contributed by atoms with Crippen LogP contribution in [0, 0.1) is 0 Å². The molecule has 1 fully saturated rings. The van der Waals surface area contributed by atoms with Crippen molar-refractivity contribution in [3.05, 3.63) is 17.0 Å². The lowest BCUT2D eigenvalue weighted by Crippen LogP contribution is -2.35. The highest BCUT2D eigenvalue weighted by molar-refractivity contribution is 6.29. The van der Waals surface area contributed by atoms with Crippen LogP contribution >= 0.6 is 11.6 Å². The minimum atomic E-state index is 0.0973. The van der Waals surface area contributed by atoms with Gasteiger partial charge in [0.1, 0.15) is 17.9 Å². The number of hydrogen-bond acceptors (Lipinski definition) is 5. The number of hydrogen-bond donors (Lipinski definition) is 0. The summed E-state index contributed by atoms with van der Waals surface area (Å²) in [5.41, 5.74) is 0. The van der Waals surface area contributed by atoms with Gasteiger partial charge in [0.25, 0.3) is 0 Å². The van der Waals surface area contributed by atoms with Gasteiger partial charge >= 0.3 is 0 Å². The molecule has 2 rings (SSSR count). The molecular formula is C13H19ClN2O3. The fourth-order valence-electron chi connectivity index (χ4n) is 2.31. The third kappa shape index (κ3) is 4.30. The van der Waals surface area contributed by atoms with Crippen LogP contribution in [0.2, 0.25) is 5.15 Å². The van der Waals surface area contributed by atoms with Crippen molar-refractivity contribution in [1.82, 2.24) is 9.97 Å². The molecule has 0 aromatic carbocycles. The zero-order valence-corrected chi connectivity index (χ0v) is 12.2. The third-order valence-electron chi connectivity index (χ3n) is 2.93. The molecule has 1 aliphatic heterocycles. The van der Waals surface area contributed by atoms with E-state index in [1.165, 1.54) is 0 Å². The molecule has 1 aromatic rings. The lowest BCUT2D eigenvalue weighted by molar-refractivity contribution is -0.0730. The van der Waals surface area contributed by atoms with E-state index in [0.717, 1.165) is 12.8 Å². The highest BCUT2D eigenvalue weighted by Crippen LogP contribution is 2.24. The molecule has 5 nitrogen and oxygen atoms in total. The molecule has 106 valence electrons. The average Bonchev–Trinajstić information content (AvgIpc) is 2.26. The van der Waals surface area contributed by atoms with Gasteiger partial charge in [-0.05, 0) is 13.8 Å². The fraction of sp³-hybridized carbons (Fsp3) is 0.692. The van der Waals surface area contributed by atoms with Gasteiger partial charge < -0.3 is 14.2 Å². The summed E-state index contributed by atoms with van der Waals surface area (Å²) in [7, 11) is 1.59. The predicted octanol–water partition coefficient (Wildman–Crippen LogP) is 2.61. The molecule has 0 bridgehead atoms. The standard InChI is InChI=1S/C13H19ClN2O3/c1-8-4-10(5-9(2)18-8)19-13-6-11(14)15-12(16-13)7-17-3/h6,8-10H,4-5,7H2,1-3H3. The molecule has 0 radical (unpaired) electrons. The molecule has 2 heterocycles. The van der Waals surface area contributed by atoms with Crippen LogP contribution in [-0.2, 0) is 16.1 Å². The van der Waals surface area contributed by atoms with E-state index in [4.69, 9.17) is 25.8 Å². The van der Waals surface area contributed by atoms with E-state index in [0.29, 0.717) is 23.5 Å². The Morgan fingerprint density at radius 2 is 2.00 bits per heavy atom. The fourth-order valence-corrected chi connectivity index (χ4v) is 2.50. The van der Waals surface area contributed by atoms with Crippen molar-refractivity contribution in [3.63, 3.8) is 0 Å². The summed E-state index contributed by atoms with van der Waals surface area (Å²) >= 11 is 5.95. The molecule has 0 saturated carbocycles. The predicted molar refractivity (Wildman–Crippen MR) is 71.4 cm³/mol. The number of halogens is 1. The maximum Gasteiger partial charge on any atom is 0.218 e. The normalized spacial score (nSPS) is 27.3. The van der Waals surface area contributed by atoms with E-state index in [-0.39, 0.29) is 18.3 Å². The number of ether oxygens (including phenoxy) is 3. The van der Waals surface area contributed by atoms with Gasteiger partial charge in [0.2, 0.25) is 5.88 Å². The second kappa shape index (κ2) is 6.50. The first-order chi connectivity index (χ1) is 9.06. The van der Waals surface area contributed by atoms with E-state index in [2.05, 4.69) is 23.8 Å². The topological polar surface area (TPSA) is 53.5 Å². The van der Waals surface area contributed by atoms with Crippen molar-refractivity contribution in [2.45, 2.75) is 51.6 Å². The minimum absolute atomic E-state index is 0.0973. The Labute approximate surface area is 118 Å². The summed E-state index contributed by atoms with van der Waals surface area (Å²) < 4.78 is 16.6. The summed E-state index contributed by atoms with van der Waals surface area (Å²) in [4.78, 5) is 8.36. The van der Waals surface area contributed by atoms with Crippen LogP contribution < -0.4 is 4.74 Å². The second-order valence-electron chi connectivity index (χ2n) is 4.85. The molecule has 0 spiro atoms. The first kappa shape index (κ1) is 14.5. The van der Waals surface area contributed by atoms with Crippen molar-refractivity contribution in [2.75, 3.05) is 7.11 Å². The third-order valence-corrected chi connectivity index (χ3v) is 3.13. The Balaban J connectivity index is 2.05. The summed E-state index contributed by atoms with van der Waals surface area (Å²) in [5.74, 6) is 1.02. The van der Waals surface area contributed by atoms with E-state index < -0.39 is 0 Å². The Kier molecular flexibility index (Phi) is 4.96. The first-order valence-corrected chi connectivity index (χ1v) is 6.79. The van der Waals surface area contributed by atoms with Crippen LogP contribution in [0.1, 0.15) is 32.5 Å². The lowest BCUT2D eigenvalue weighted by atomic mass is 10.0. The summed E-state index contributed by atoms with van der Waals surface area (Å²) in [5, 5.41) is 0.366. The van der Waals surface area contributed by atoms with Crippen LogP contribution in [0.5, 0.6) is 5.88 Å². The van der Waals surface area contributed by atoms with Gasteiger partial charge in [-0.3, -0.25) is 0 Å². The van der Waals surface area contributed by atoms with Crippen molar-refractivity contribution >= 4 is 11.6 Å².